The number of rotatable bonds is 4. The Morgan fingerprint density at radius 1 is 1.22 bits per heavy atom. The Morgan fingerprint density at radius 2 is 2.00 bits per heavy atom. The van der Waals surface area contributed by atoms with Crippen molar-refractivity contribution in [3.63, 3.8) is 0 Å². The summed E-state index contributed by atoms with van der Waals surface area (Å²) in [7, 11) is 3.64. The maximum atomic E-state index is 5.91. The summed E-state index contributed by atoms with van der Waals surface area (Å²) < 4.78 is 5.33. The first-order valence-corrected chi connectivity index (χ1v) is 5.76. The Labute approximate surface area is 107 Å². The molecule has 4 nitrogen and oxygen atoms in total. The Hall–Kier alpha value is -2.23. The van der Waals surface area contributed by atoms with E-state index in [0.29, 0.717) is 12.2 Å². The molecule has 2 rings (SSSR count). The monoisotopic (exact) mass is 243 g/mol. The van der Waals surface area contributed by atoms with Crippen molar-refractivity contribution in [3.05, 3.63) is 48.2 Å². The molecule has 0 aliphatic rings. The molecule has 18 heavy (non-hydrogen) atoms. The van der Waals surface area contributed by atoms with Crippen LogP contribution in [0, 0.1) is 0 Å². The van der Waals surface area contributed by atoms with Crippen molar-refractivity contribution in [3.8, 4) is 5.75 Å². The molecular weight excluding hydrogens is 226 g/mol. The third-order valence-electron chi connectivity index (χ3n) is 2.78. The van der Waals surface area contributed by atoms with Crippen molar-refractivity contribution in [1.29, 1.82) is 0 Å². The lowest BCUT2D eigenvalue weighted by molar-refractivity contribution is 0.409. The van der Waals surface area contributed by atoms with Crippen LogP contribution in [0.2, 0.25) is 0 Å². The van der Waals surface area contributed by atoms with Gasteiger partial charge in [0.1, 0.15) is 5.75 Å². The summed E-state index contributed by atoms with van der Waals surface area (Å²) in [5, 5.41) is 0. The van der Waals surface area contributed by atoms with E-state index in [2.05, 4.69) is 4.98 Å². The van der Waals surface area contributed by atoms with Gasteiger partial charge in [0, 0.05) is 25.4 Å². The van der Waals surface area contributed by atoms with Crippen LogP contribution in [-0.2, 0) is 6.54 Å². The average molecular weight is 243 g/mol. The summed E-state index contributed by atoms with van der Waals surface area (Å²) in [5.74, 6) is 1.65. The molecule has 2 N–H and O–H groups in total. The molecule has 1 heterocycles. The van der Waals surface area contributed by atoms with Gasteiger partial charge in [0.15, 0.2) is 5.82 Å². The van der Waals surface area contributed by atoms with Gasteiger partial charge in [-0.15, -0.1) is 0 Å². The van der Waals surface area contributed by atoms with Gasteiger partial charge in [-0.05, 0) is 18.2 Å². The predicted octanol–water partition coefficient (Wildman–Crippen LogP) is 2.31. The summed E-state index contributed by atoms with van der Waals surface area (Å²) in [5.41, 5.74) is 7.69. The molecular formula is C14H17N3O. The van der Waals surface area contributed by atoms with Crippen LogP contribution in [0.5, 0.6) is 5.75 Å². The molecule has 0 radical (unpaired) electrons. The predicted molar refractivity (Wildman–Crippen MR) is 73.8 cm³/mol. The number of anilines is 2. The van der Waals surface area contributed by atoms with Crippen molar-refractivity contribution >= 4 is 11.5 Å². The summed E-state index contributed by atoms with van der Waals surface area (Å²) >= 11 is 0. The standard InChI is InChI=1S/C14H17N3O/c1-17(14-12(15)7-5-9-16-14)10-11-6-3-4-8-13(11)18-2/h3-9H,10,15H2,1-2H3. The highest BCUT2D eigenvalue weighted by Crippen LogP contribution is 2.23. The number of benzene rings is 1. The van der Waals surface area contributed by atoms with Crippen LogP contribution >= 0.6 is 0 Å². The second kappa shape index (κ2) is 5.40. The first-order chi connectivity index (χ1) is 8.72. The van der Waals surface area contributed by atoms with Crippen LogP contribution in [0.25, 0.3) is 0 Å². The number of aromatic nitrogens is 1. The van der Waals surface area contributed by atoms with Gasteiger partial charge in [-0.3, -0.25) is 0 Å². The summed E-state index contributed by atoms with van der Waals surface area (Å²) in [6.07, 6.45) is 1.74. The number of para-hydroxylation sites is 1. The number of methoxy groups -OCH3 is 1. The summed E-state index contributed by atoms with van der Waals surface area (Å²) in [4.78, 5) is 6.30. The fraction of sp³-hybridized carbons (Fsp3) is 0.214. The zero-order valence-electron chi connectivity index (χ0n) is 10.6. The van der Waals surface area contributed by atoms with Crippen LogP contribution in [-0.4, -0.2) is 19.1 Å². The highest BCUT2D eigenvalue weighted by atomic mass is 16.5. The molecule has 0 saturated carbocycles. The molecule has 0 saturated heterocycles. The highest BCUT2D eigenvalue weighted by molar-refractivity contribution is 5.62. The second-order valence-electron chi connectivity index (χ2n) is 4.08. The molecule has 0 spiro atoms. The highest BCUT2D eigenvalue weighted by Gasteiger charge is 2.09. The van der Waals surface area contributed by atoms with Gasteiger partial charge in [0.05, 0.1) is 12.8 Å². The lowest BCUT2D eigenvalue weighted by atomic mass is 10.2. The smallest absolute Gasteiger partial charge is 0.151 e. The Bertz CT molecular complexity index is 528. The molecule has 1 aromatic carbocycles. The number of nitrogens with zero attached hydrogens (tertiary/aromatic N) is 2. The van der Waals surface area contributed by atoms with Gasteiger partial charge in [-0.2, -0.15) is 0 Å². The lowest BCUT2D eigenvalue weighted by Crippen LogP contribution is -2.19. The molecule has 0 aliphatic heterocycles. The number of nitrogen functional groups attached to an aromatic ring is 1. The molecule has 0 fully saturated rings. The third kappa shape index (κ3) is 2.53. The molecule has 4 heteroatoms. The topological polar surface area (TPSA) is 51.4 Å². The zero-order valence-corrected chi connectivity index (χ0v) is 10.6. The summed E-state index contributed by atoms with van der Waals surface area (Å²) in [6.45, 7) is 0.700. The van der Waals surface area contributed by atoms with Gasteiger partial charge >= 0.3 is 0 Å². The van der Waals surface area contributed by atoms with E-state index in [1.807, 2.05) is 48.3 Å². The van der Waals surface area contributed by atoms with E-state index in [1.54, 1.807) is 13.3 Å². The zero-order chi connectivity index (χ0) is 13.0. The van der Waals surface area contributed by atoms with Crippen LogP contribution in [0.4, 0.5) is 11.5 Å². The fourth-order valence-electron chi connectivity index (χ4n) is 1.89. The molecule has 0 aliphatic carbocycles. The van der Waals surface area contributed by atoms with Gasteiger partial charge in [0.25, 0.3) is 0 Å². The number of nitrogens with two attached hydrogens (primary N) is 1. The minimum absolute atomic E-state index is 0.676. The molecule has 1 aromatic heterocycles. The minimum atomic E-state index is 0.676. The van der Waals surface area contributed by atoms with E-state index in [1.165, 1.54) is 0 Å². The number of pyridine rings is 1. The number of hydrogen-bond acceptors (Lipinski definition) is 4. The van der Waals surface area contributed by atoms with Gasteiger partial charge in [0.2, 0.25) is 0 Å². The second-order valence-corrected chi connectivity index (χ2v) is 4.08. The van der Waals surface area contributed by atoms with E-state index in [9.17, 15) is 0 Å². The molecule has 2 aromatic rings. The Balaban J connectivity index is 2.21. The summed E-state index contributed by atoms with van der Waals surface area (Å²) in [6, 6.07) is 11.6. The first-order valence-electron chi connectivity index (χ1n) is 5.76. The molecule has 0 bridgehead atoms. The van der Waals surface area contributed by atoms with E-state index in [4.69, 9.17) is 10.5 Å². The first kappa shape index (κ1) is 12.2. The van der Waals surface area contributed by atoms with E-state index in [0.717, 1.165) is 17.1 Å². The third-order valence-corrected chi connectivity index (χ3v) is 2.78. The van der Waals surface area contributed by atoms with Crippen molar-refractivity contribution in [2.24, 2.45) is 0 Å². The quantitative estimate of drug-likeness (QED) is 0.895. The van der Waals surface area contributed by atoms with Crippen LogP contribution in [0.15, 0.2) is 42.6 Å². The van der Waals surface area contributed by atoms with Crippen LogP contribution in [0.1, 0.15) is 5.56 Å². The SMILES string of the molecule is COc1ccccc1CN(C)c1ncccc1N. The van der Waals surface area contributed by atoms with Crippen LogP contribution in [0.3, 0.4) is 0 Å². The normalized spacial score (nSPS) is 10.1. The van der Waals surface area contributed by atoms with E-state index >= 15 is 0 Å². The maximum Gasteiger partial charge on any atom is 0.151 e. The van der Waals surface area contributed by atoms with E-state index in [-0.39, 0.29) is 0 Å². The lowest BCUT2D eigenvalue weighted by Gasteiger charge is -2.20. The van der Waals surface area contributed by atoms with Crippen molar-refractivity contribution < 1.29 is 4.74 Å². The van der Waals surface area contributed by atoms with Gasteiger partial charge < -0.3 is 15.4 Å². The molecule has 0 amide bonds. The van der Waals surface area contributed by atoms with Crippen molar-refractivity contribution in [2.45, 2.75) is 6.54 Å². The number of ether oxygens (including phenoxy) is 1. The molecule has 0 unspecified atom stereocenters. The van der Waals surface area contributed by atoms with Gasteiger partial charge in [-0.1, -0.05) is 18.2 Å². The Morgan fingerprint density at radius 3 is 2.72 bits per heavy atom. The van der Waals surface area contributed by atoms with E-state index < -0.39 is 0 Å². The largest absolute Gasteiger partial charge is 0.496 e. The maximum absolute atomic E-state index is 5.91. The average Bonchev–Trinajstić information content (AvgIpc) is 2.39. The van der Waals surface area contributed by atoms with Crippen LogP contribution < -0.4 is 15.4 Å². The fourth-order valence-corrected chi connectivity index (χ4v) is 1.89. The molecule has 0 atom stereocenters. The van der Waals surface area contributed by atoms with Gasteiger partial charge in [-0.25, -0.2) is 4.98 Å². The Kier molecular flexibility index (Phi) is 3.67. The minimum Gasteiger partial charge on any atom is -0.496 e. The molecule has 94 valence electrons. The van der Waals surface area contributed by atoms with Crippen molar-refractivity contribution in [2.75, 3.05) is 24.8 Å². The van der Waals surface area contributed by atoms with Crippen molar-refractivity contribution in [1.82, 2.24) is 4.98 Å². The number of hydrogen-bond donors (Lipinski definition) is 1.